The summed E-state index contributed by atoms with van der Waals surface area (Å²) in [5, 5.41) is 3.37. The van der Waals surface area contributed by atoms with Crippen LogP contribution in [-0.2, 0) is 0 Å². The number of rotatable bonds is 5. The van der Waals surface area contributed by atoms with Crippen molar-refractivity contribution in [2.75, 3.05) is 58.3 Å². The van der Waals surface area contributed by atoms with Gasteiger partial charge in [-0.1, -0.05) is 0 Å². The van der Waals surface area contributed by atoms with Gasteiger partial charge in [0.15, 0.2) is 0 Å². The standard InChI is InChI=1S/C13H22N4O/c1-16(9-10-17-7-5-14-6-8-17)12-3-4-15-13(11-12)18-2/h3-4,11,14H,5-10H2,1-2H3. The Morgan fingerprint density at radius 2 is 2.22 bits per heavy atom. The van der Waals surface area contributed by atoms with Gasteiger partial charge in [0.2, 0.25) is 5.88 Å². The molecule has 2 heterocycles. The van der Waals surface area contributed by atoms with E-state index in [1.165, 1.54) is 0 Å². The number of piperazine rings is 1. The summed E-state index contributed by atoms with van der Waals surface area (Å²) in [4.78, 5) is 8.86. The zero-order valence-corrected chi connectivity index (χ0v) is 11.2. The molecule has 5 heteroatoms. The first-order chi connectivity index (χ1) is 8.79. The molecule has 1 aliphatic rings. The van der Waals surface area contributed by atoms with Gasteiger partial charge in [0.25, 0.3) is 0 Å². The molecular formula is C13H22N4O. The highest BCUT2D eigenvalue weighted by molar-refractivity contribution is 5.47. The van der Waals surface area contributed by atoms with E-state index in [1.54, 1.807) is 13.3 Å². The Kier molecular flexibility index (Phi) is 4.78. The summed E-state index contributed by atoms with van der Waals surface area (Å²) in [5.41, 5.74) is 1.15. The van der Waals surface area contributed by atoms with Gasteiger partial charge in [0, 0.05) is 64.3 Å². The lowest BCUT2D eigenvalue weighted by Gasteiger charge is -2.29. The summed E-state index contributed by atoms with van der Waals surface area (Å²) in [6, 6.07) is 3.98. The molecule has 0 bridgehead atoms. The molecule has 18 heavy (non-hydrogen) atoms. The third kappa shape index (κ3) is 3.58. The molecule has 1 N–H and O–H groups in total. The summed E-state index contributed by atoms with van der Waals surface area (Å²) >= 11 is 0. The van der Waals surface area contributed by atoms with Crippen LogP contribution in [0.25, 0.3) is 0 Å². The van der Waals surface area contributed by atoms with E-state index in [9.17, 15) is 0 Å². The van der Waals surface area contributed by atoms with E-state index in [0.29, 0.717) is 5.88 Å². The SMILES string of the molecule is COc1cc(N(C)CCN2CCNCC2)ccn1. The van der Waals surface area contributed by atoms with Crippen LogP contribution >= 0.6 is 0 Å². The van der Waals surface area contributed by atoms with Crippen molar-refractivity contribution in [3.63, 3.8) is 0 Å². The normalized spacial score (nSPS) is 16.6. The summed E-state index contributed by atoms with van der Waals surface area (Å²) in [5.74, 6) is 0.668. The van der Waals surface area contributed by atoms with Gasteiger partial charge in [-0.3, -0.25) is 4.90 Å². The molecular weight excluding hydrogens is 228 g/mol. The quantitative estimate of drug-likeness (QED) is 0.821. The predicted molar refractivity (Wildman–Crippen MR) is 73.4 cm³/mol. The highest BCUT2D eigenvalue weighted by atomic mass is 16.5. The number of pyridine rings is 1. The molecule has 1 aromatic heterocycles. The van der Waals surface area contributed by atoms with Crippen molar-refractivity contribution in [3.05, 3.63) is 18.3 Å². The van der Waals surface area contributed by atoms with Crippen LogP contribution in [-0.4, -0.2) is 63.3 Å². The number of likely N-dealkylation sites (N-methyl/N-ethyl adjacent to an activating group) is 1. The van der Waals surface area contributed by atoms with Crippen molar-refractivity contribution < 1.29 is 4.74 Å². The minimum absolute atomic E-state index is 0.668. The van der Waals surface area contributed by atoms with E-state index in [-0.39, 0.29) is 0 Å². The Morgan fingerprint density at radius 1 is 1.44 bits per heavy atom. The van der Waals surface area contributed by atoms with Crippen LogP contribution in [0.4, 0.5) is 5.69 Å². The number of aromatic nitrogens is 1. The number of methoxy groups -OCH3 is 1. The fourth-order valence-corrected chi connectivity index (χ4v) is 2.10. The van der Waals surface area contributed by atoms with Gasteiger partial charge in [0.1, 0.15) is 0 Å². The molecule has 0 spiro atoms. The molecule has 1 aromatic rings. The maximum atomic E-state index is 5.14. The maximum Gasteiger partial charge on any atom is 0.214 e. The number of anilines is 1. The zero-order chi connectivity index (χ0) is 12.8. The first-order valence-electron chi connectivity index (χ1n) is 6.44. The summed E-state index contributed by atoms with van der Waals surface area (Å²) in [6.45, 7) is 6.62. The van der Waals surface area contributed by atoms with Crippen LogP contribution in [0.15, 0.2) is 18.3 Å². The summed E-state index contributed by atoms with van der Waals surface area (Å²) < 4.78 is 5.14. The minimum Gasteiger partial charge on any atom is -0.481 e. The van der Waals surface area contributed by atoms with Crippen molar-refractivity contribution in [2.24, 2.45) is 0 Å². The Morgan fingerprint density at radius 3 is 2.94 bits per heavy atom. The van der Waals surface area contributed by atoms with Crippen LogP contribution in [0.3, 0.4) is 0 Å². The van der Waals surface area contributed by atoms with Gasteiger partial charge in [-0.05, 0) is 6.07 Å². The lowest BCUT2D eigenvalue weighted by atomic mass is 10.3. The fourth-order valence-electron chi connectivity index (χ4n) is 2.10. The molecule has 0 amide bonds. The Labute approximate surface area is 109 Å². The lowest BCUT2D eigenvalue weighted by Crippen LogP contribution is -2.46. The molecule has 0 aromatic carbocycles. The number of nitrogens with one attached hydrogen (secondary N) is 1. The molecule has 100 valence electrons. The Balaban J connectivity index is 1.84. The van der Waals surface area contributed by atoms with E-state index in [4.69, 9.17) is 4.74 Å². The van der Waals surface area contributed by atoms with Gasteiger partial charge in [-0.15, -0.1) is 0 Å². The van der Waals surface area contributed by atoms with Crippen LogP contribution in [0.2, 0.25) is 0 Å². The molecule has 2 rings (SSSR count). The second kappa shape index (κ2) is 6.56. The van der Waals surface area contributed by atoms with Crippen molar-refractivity contribution >= 4 is 5.69 Å². The van der Waals surface area contributed by atoms with Gasteiger partial charge in [-0.2, -0.15) is 0 Å². The van der Waals surface area contributed by atoms with Crippen LogP contribution in [0.5, 0.6) is 5.88 Å². The van der Waals surface area contributed by atoms with Crippen molar-refractivity contribution in [3.8, 4) is 5.88 Å². The molecule has 0 atom stereocenters. The summed E-state index contributed by atoms with van der Waals surface area (Å²) in [7, 11) is 3.75. The number of ether oxygens (including phenoxy) is 1. The Hall–Kier alpha value is -1.33. The highest BCUT2D eigenvalue weighted by Gasteiger charge is 2.10. The molecule has 1 fully saturated rings. The monoisotopic (exact) mass is 250 g/mol. The molecule has 0 aliphatic carbocycles. The molecule has 0 radical (unpaired) electrons. The van der Waals surface area contributed by atoms with Crippen LogP contribution < -0.4 is 15.0 Å². The van der Waals surface area contributed by atoms with Crippen molar-refractivity contribution in [1.82, 2.24) is 15.2 Å². The van der Waals surface area contributed by atoms with Crippen LogP contribution in [0.1, 0.15) is 0 Å². The van der Waals surface area contributed by atoms with E-state index in [2.05, 4.69) is 27.1 Å². The maximum absolute atomic E-state index is 5.14. The number of hydrogen-bond donors (Lipinski definition) is 1. The second-order valence-electron chi connectivity index (χ2n) is 4.57. The first kappa shape index (κ1) is 13.1. The van der Waals surface area contributed by atoms with Gasteiger partial charge >= 0.3 is 0 Å². The average molecular weight is 250 g/mol. The van der Waals surface area contributed by atoms with Crippen molar-refractivity contribution in [2.45, 2.75) is 0 Å². The molecule has 5 nitrogen and oxygen atoms in total. The second-order valence-corrected chi connectivity index (χ2v) is 4.57. The largest absolute Gasteiger partial charge is 0.481 e. The van der Waals surface area contributed by atoms with E-state index >= 15 is 0 Å². The van der Waals surface area contributed by atoms with E-state index in [0.717, 1.165) is 45.0 Å². The zero-order valence-electron chi connectivity index (χ0n) is 11.2. The minimum atomic E-state index is 0.668. The average Bonchev–Trinajstić information content (AvgIpc) is 2.46. The first-order valence-corrected chi connectivity index (χ1v) is 6.44. The van der Waals surface area contributed by atoms with Gasteiger partial charge in [-0.25, -0.2) is 4.98 Å². The molecule has 0 saturated carbocycles. The Bertz CT molecular complexity index is 366. The predicted octanol–water partition coefficient (Wildman–Crippen LogP) is 0.432. The van der Waals surface area contributed by atoms with E-state index < -0.39 is 0 Å². The van der Waals surface area contributed by atoms with E-state index in [1.807, 2.05) is 12.1 Å². The highest BCUT2D eigenvalue weighted by Crippen LogP contribution is 2.16. The third-order valence-electron chi connectivity index (χ3n) is 3.33. The summed E-state index contributed by atoms with van der Waals surface area (Å²) in [6.07, 6.45) is 1.79. The number of nitrogens with zero attached hydrogens (tertiary/aromatic N) is 3. The fraction of sp³-hybridized carbons (Fsp3) is 0.615. The smallest absolute Gasteiger partial charge is 0.214 e. The molecule has 1 aliphatic heterocycles. The van der Waals surface area contributed by atoms with Gasteiger partial charge in [0.05, 0.1) is 7.11 Å². The lowest BCUT2D eigenvalue weighted by molar-refractivity contribution is 0.246. The van der Waals surface area contributed by atoms with Crippen LogP contribution in [0, 0.1) is 0 Å². The van der Waals surface area contributed by atoms with Gasteiger partial charge < -0.3 is 15.0 Å². The third-order valence-corrected chi connectivity index (χ3v) is 3.33. The molecule has 0 unspecified atom stereocenters. The topological polar surface area (TPSA) is 40.6 Å². The number of hydrogen-bond acceptors (Lipinski definition) is 5. The van der Waals surface area contributed by atoms with Crippen molar-refractivity contribution in [1.29, 1.82) is 0 Å². The molecule has 1 saturated heterocycles.